The molecule has 1 fully saturated rings. The van der Waals surface area contributed by atoms with Gasteiger partial charge in [0, 0.05) is 29.8 Å². The van der Waals surface area contributed by atoms with Gasteiger partial charge in [-0.05, 0) is 38.2 Å². The van der Waals surface area contributed by atoms with Gasteiger partial charge in [0.1, 0.15) is 0 Å². The maximum absolute atomic E-state index is 12.1. The second kappa shape index (κ2) is 6.00. The molecular formula is C14H18N2O4. The molecule has 1 atom stereocenters. The molecule has 0 radical (unpaired) electrons. The van der Waals surface area contributed by atoms with Crippen LogP contribution in [0.15, 0.2) is 18.2 Å². The number of hydrogen-bond donors (Lipinski definition) is 2. The molecule has 2 rings (SSSR count). The predicted molar refractivity (Wildman–Crippen MR) is 73.5 cm³/mol. The standard InChI is InChI=1S/C14H18N2O4/c1-9-2-3-11(8-13(9)16(19)20)14(18)15-12(6-7-17)10-4-5-10/h2-3,8,10,12,17H,4-7H2,1H3,(H,15,18). The van der Waals surface area contributed by atoms with Gasteiger partial charge in [-0.1, -0.05) is 6.07 Å². The molecule has 0 heterocycles. The van der Waals surface area contributed by atoms with Crippen molar-refractivity contribution in [2.75, 3.05) is 6.61 Å². The second-order valence-corrected chi connectivity index (χ2v) is 5.19. The van der Waals surface area contributed by atoms with E-state index in [1.165, 1.54) is 6.07 Å². The highest BCUT2D eigenvalue weighted by Gasteiger charge is 2.32. The molecule has 1 unspecified atom stereocenters. The molecule has 0 bridgehead atoms. The summed E-state index contributed by atoms with van der Waals surface area (Å²) in [5, 5.41) is 22.8. The van der Waals surface area contributed by atoms with Gasteiger partial charge in [0.15, 0.2) is 0 Å². The topological polar surface area (TPSA) is 92.5 Å². The zero-order chi connectivity index (χ0) is 14.7. The Labute approximate surface area is 117 Å². The Morgan fingerprint density at radius 3 is 2.80 bits per heavy atom. The number of carbonyl (C=O) groups is 1. The zero-order valence-electron chi connectivity index (χ0n) is 11.3. The molecule has 6 nitrogen and oxygen atoms in total. The number of rotatable bonds is 6. The summed E-state index contributed by atoms with van der Waals surface area (Å²) in [6.07, 6.45) is 2.63. The molecule has 20 heavy (non-hydrogen) atoms. The third-order valence-corrected chi connectivity index (χ3v) is 3.62. The first kappa shape index (κ1) is 14.5. The highest BCUT2D eigenvalue weighted by Crippen LogP contribution is 2.34. The lowest BCUT2D eigenvalue weighted by Gasteiger charge is -2.17. The molecule has 0 aromatic heterocycles. The van der Waals surface area contributed by atoms with E-state index in [0.717, 1.165) is 12.8 Å². The van der Waals surface area contributed by atoms with E-state index in [-0.39, 0.29) is 29.8 Å². The Balaban J connectivity index is 2.12. The van der Waals surface area contributed by atoms with Crippen LogP contribution in [0.3, 0.4) is 0 Å². The van der Waals surface area contributed by atoms with Crippen LogP contribution in [0.1, 0.15) is 35.2 Å². The molecule has 0 spiro atoms. The predicted octanol–water partition coefficient (Wildman–Crippen LogP) is 1.79. The van der Waals surface area contributed by atoms with Gasteiger partial charge >= 0.3 is 0 Å². The fourth-order valence-corrected chi connectivity index (χ4v) is 2.26. The van der Waals surface area contributed by atoms with E-state index in [9.17, 15) is 14.9 Å². The maximum atomic E-state index is 12.1. The number of benzene rings is 1. The fraction of sp³-hybridized carbons (Fsp3) is 0.500. The van der Waals surface area contributed by atoms with Crippen molar-refractivity contribution in [3.63, 3.8) is 0 Å². The number of aliphatic hydroxyl groups is 1. The largest absolute Gasteiger partial charge is 0.396 e. The summed E-state index contributed by atoms with van der Waals surface area (Å²) in [5.41, 5.74) is 0.759. The first-order valence-corrected chi connectivity index (χ1v) is 6.69. The van der Waals surface area contributed by atoms with Gasteiger partial charge in [-0.3, -0.25) is 14.9 Å². The van der Waals surface area contributed by atoms with Crippen LogP contribution < -0.4 is 5.32 Å². The van der Waals surface area contributed by atoms with Crippen LogP contribution in [-0.2, 0) is 0 Å². The van der Waals surface area contributed by atoms with Gasteiger partial charge in [0.25, 0.3) is 11.6 Å². The molecule has 1 saturated carbocycles. The van der Waals surface area contributed by atoms with Crippen molar-refractivity contribution >= 4 is 11.6 Å². The molecule has 1 aromatic carbocycles. The Morgan fingerprint density at radius 1 is 1.55 bits per heavy atom. The van der Waals surface area contributed by atoms with Gasteiger partial charge < -0.3 is 10.4 Å². The minimum atomic E-state index is -0.488. The van der Waals surface area contributed by atoms with Crippen LogP contribution in [-0.4, -0.2) is 28.6 Å². The summed E-state index contributed by atoms with van der Waals surface area (Å²) in [6, 6.07) is 4.41. The fourth-order valence-electron chi connectivity index (χ4n) is 2.26. The minimum absolute atomic E-state index is 0.0233. The van der Waals surface area contributed by atoms with Crippen LogP contribution >= 0.6 is 0 Å². The molecule has 108 valence electrons. The number of nitrogens with zero attached hydrogens (tertiary/aromatic N) is 1. The zero-order valence-corrected chi connectivity index (χ0v) is 11.3. The van der Waals surface area contributed by atoms with E-state index < -0.39 is 4.92 Å². The van der Waals surface area contributed by atoms with E-state index in [1.807, 2.05) is 0 Å². The molecule has 2 N–H and O–H groups in total. The number of aliphatic hydroxyl groups excluding tert-OH is 1. The average molecular weight is 278 g/mol. The van der Waals surface area contributed by atoms with Crippen LogP contribution in [0.25, 0.3) is 0 Å². The Hall–Kier alpha value is -1.95. The Kier molecular flexibility index (Phi) is 4.34. The lowest BCUT2D eigenvalue weighted by atomic mass is 10.1. The van der Waals surface area contributed by atoms with Crippen LogP contribution in [0, 0.1) is 23.0 Å². The lowest BCUT2D eigenvalue weighted by molar-refractivity contribution is -0.385. The highest BCUT2D eigenvalue weighted by molar-refractivity contribution is 5.95. The smallest absolute Gasteiger partial charge is 0.273 e. The van der Waals surface area contributed by atoms with Gasteiger partial charge in [-0.25, -0.2) is 0 Å². The SMILES string of the molecule is Cc1ccc(C(=O)NC(CCO)C2CC2)cc1[N+](=O)[O-]. The molecule has 0 saturated heterocycles. The first-order valence-electron chi connectivity index (χ1n) is 6.69. The summed E-state index contributed by atoms with van der Waals surface area (Å²) in [5.74, 6) is 0.102. The van der Waals surface area contributed by atoms with Crippen molar-refractivity contribution in [2.45, 2.75) is 32.2 Å². The van der Waals surface area contributed by atoms with Crippen molar-refractivity contribution in [3.8, 4) is 0 Å². The van der Waals surface area contributed by atoms with Crippen LogP contribution in [0.2, 0.25) is 0 Å². The number of nitrogens with one attached hydrogen (secondary N) is 1. The molecule has 0 aliphatic heterocycles. The first-order chi connectivity index (χ1) is 9.52. The van der Waals surface area contributed by atoms with Crippen LogP contribution in [0.5, 0.6) is 0 Å². The molecule has 1 amide bonds. The average Bonchev–Trinajstić information content (AvgIpc) is 3.22. The third-order valence-electron chi connectivity index (χ3n) is 3.62. The van der Waals surface area contributed by atoms with Crippen molar-refractivity contribution in [1.29, 1.82) is 0 Å². The quantitative estimate of drug-likeness (QED) is 0.613. The summed E-state index contributed by atoms with van der Waals surface area (Å²) >= 11 is 0. The third kappa shape index (κ3) is 3.33. The normalized spacial score (nSPS) is 15.7. The van der Waals surface area contributed by atoms with E-state index in [1.54, 1.807) is 19.1 Å². The lowest BCUT2D eigenvalue weighted by Crippen LogP contribution is -2.37. The number of aryl methyl sites for hydroxylation is 1. The van der Waals surface area contributed by atoms with Crippen LogP contribution in [0.4, 0.5) is 5.69 Å². The van der Waals surface area contributed by atoms with Crippen molar-refractivity contribution in [3.05, 3.63) is 39.4 Å². The minimum Gasteiger partial charge on any atom is -0.396 e. The van der Waals surface area contributed by atoms with Crippen molar-refractivity contribution in [1.82, 2.24) is 5.32 Å². The number of hydrogen-bond acceptors (Lipinski definition) is 4. The van der Waals surface area contributed by atoms with Gasteiger partial charge in [-0.2, -0.15) is 0 Å². The van der Waals surface area contributed by atoms with E-state index in [0.29, 0.717) is 17.9 Å². The summed E-state index contributed by atoms with van der Waals surface area (Å²) in [4.78, 5) is 22.5. The second-order valence-electron chi connectivity index (χ2n) is 5.19. The molecule has 1 aromatic rings. The molecular weight excluding hydrogens is 260 g/mol. The van der Waals surface area contributed by atoms with Gasteiger partial charge in [-0.15, -0.1) is 0 Å². The summed E-state index contributed by atoms with van der Waals surface area (Å²) in [6.45, 7) is 1.66. The van der Waals surface area contributed by atoms with Crippen molar-refractivity contribution in [2.24, 2.45) is 5.92 Å². The molecule has 1 aliphatic rings. The maximum Gasteiger partial charge on any atom is 0.273 e. The molecule has 6 heteroatoms. The van der Waals surface area contributed by atoms with E-state index >= 15 is 0 Å². The highest BCUT2D eigenvalue weighted by atomic mass is 16.6. The Morgan fingerprint density at radius 2 is 2.25 bits per heavy atom. The van der Waals surface area contributed by atoms with Crippen molar-refractivity contribution < 1.29 is 14.8 Å². The van der Waals surface area contributed by atoms with Gasteiger partial charge in [0.05, 0.1) is 4.92 Å². The van der Waals surface area contributed by atoms with E-state index in [4.69, 9.17) is 5.11 Å². The number of nitro benzene ring substituents is 1. The summed E-state index contributed by atoms with van der Waals surface area (Å²) < 4.78 is 0. The molecule has 1 aliphatic carbocycles. The monoisotopic (exact) mass is 278 g/mol. The van der Waals surface area contributed by atoms with Gasteiger partial charge in [0.2, 0.25) is 0 Å². The summed E-state index contributed by atoms with van der Waals surface area (Å²) in [7, 11) is 0. The number of amides is 1. The van der Waals surface area contributed by atoms with E-state index in [2.05, 4.69) is 5.32 Å². The Bertz CT molecular complexity index is 526. The number of nitro groups is 1. The number of carbonyl (C=O) groups excluding carboxylic acids is 1.